The molecule has 4 N–H and O–H groups in total. The third kappa shape index (κ3) is 6.93. The summed E-state index contributed by atoms with van der Waals surface area (Å²) in [7, 11) is 0. The average Bonchev–Trinajstić information content (AvgIpc) is 3.37. The van der Waals surface area contributed by atoms with Gasteiger partial charge in [-0.25, -0.2) is 0 Å². The van der Waals surface area contributed by atoms with Crippen molar-refractivity contribution in [2.24, 2.45) is 17.8 Å². The van der Waals surface area contributed by atoms with E-state index >= 15 is 0 Å². The first-order chi connectivity index (χ1) is 23.7. The predicted molar refractivity (Wildman–Crippen MR) is 193 cm³/mol. The second-order valence-electron chi connectivity index (χ2n) is 13.0. The first-order valence-corrected chi connectivity index (χ1v) is 16.9. The normalized spacial score (nSPS) is 20.1. The lowest BCUT2D eigenvalue weighted by Crippen LogP contribution is -2.39. The van der Waals surface area contributed by atoms with Gasteiger partial charge in [-0.15, -0.1) is 0 Å². The van der Waals surface area contributed by atoms with E-state index in [0.717, 1.165) is 44.9 Å². The van der Waals surface area contributed by atoms with Crippen LogP contribution in [0.2, 0.25) is 0 Å². The van der Waals surface area contributed by atoms with E-state index < -0.39 is 23.9 Å². The monoisotopic (exact) mass is 657 g/mol. The third-order valence-corrected chi connectivity index (χ3v) is 9.89. The molecule has 1 aliphatic heterocycles. The molecule has 2 amide bonds. The molecule has 4 atom stereocenters. The van der Waals surface area contributed by atoms with Crippen molar-refractivity contribution in [1.29, 1.82) is 0 Å². The first kappa shape index (κ1) is 33.8. The Balaban J connectivity index is 1.24. The van der Waals surface area contributed by atoms with Crippen LogP contribution < -0.4 is 10.2 Å². The SMILES string of the molecule is CCC1=C([C@H](O)CC/C(=C/c2cc(C)c(O)c(C)c2)c2ccccn2)[C@H](CO)[C@@H]2C(=O)N(c3ccc(Nc4ccccc4)cc3)C(=O)[C@@H]2C1. The Hall–Kier alpha value is -5.05. The minimum absolute atomic E-state index is 0.267. The molecular weight excluding hydrogens is 614 g/mol. The molecule has 252 valence electrons. The number of fused-ring (bicyclic) bond motifs is 1. The Labute approximate surface area is 287 Å². The zero-order valence-electron chi connectivity index (χ0n) is 28.1. The number of hydrogen-bond acceptors (Lipinski definition) is 7. The van der Waals surface area contributed by atoms with E-state index in [2.05, 4.69) is 10.3 Å². The molecule has 3 aromatic carbocycles. The smallest absolute Gasteiger partial charge is 0.238 e. The predicted octanol–water partition coefficient (Wildman–Crippen LogP) is 7.35. The van der Waals surface area contributed by atoms with Crippen LogP contribution in [-0.4, -0.2) is 44.8 Å². The number of para-hydroxylation sites is 1. The number of anilines is 3. The number of carbonyl (C=O) groups excluding carboxylic acids is 2. The number of benzene rings is 3. The molecule has 1 saturated heterocycles. The van der Waals surface area contributed by atoms with Crippen LogP contribution in [0.5, 0.6) is 5.75 Å². The average molecular weight is 658 g/mol. The number of rotatable bonds is 11. The fourth-order valence-corrected chi connectivity index (χ4v) is 7.48. The van der Waals surface area contributed by atoms with Crippen molar-refractivity contribution in [1.82, 2.24) is 4.98 Å². The molecule has 4 aromatic rings. The number of phenolic OH excluding ortho intramolecular Hbond substituents is 1. The molecule has 8 nitrogen and oxygen atoms in total. The van der Waals surface area contributed by atoms with Crippen molar-refractivity contribution in [3.05, 3.63) is 125 Å². The summed E-state index contributed by atoms with van der Waals surface area (Å²) >= 11 is 0. The molecule has 2 heterocycles. The van der Waals surface area contributed by atoms with Crippen LogP contribution in [0.3, 0.4) is 0 Å². The molecule has 1 fully saturated rings. The Morgan fingerprint density at radius 3 is 2.27 bits per heavy atom. The van der Waals surface area contributed by atoms with E-state index in [-0.39, 0.29) is 24.2 Å². The maximum Gasteiger partial charge on any atom is 0.238 e. The van der Waals surface area contributed by atoms with Gasteiger partial charge in [0.2, 0.25) is 11.8 Å². The number of aliphatic hydroxyl groups excluding tert-OH is 2. The molecule has 2 aliphatic rings. The Morgan fingerprint density at radius 2 is 1.63 bits per heavy atom. The molecule has 0 radical (unpaired) electrons. The third-order valence-electron chi connectivity index (χ3n) is 9.89. The molecule has 8 heteroatoms. The summed E-state index contributed by atoms with van der Waals surface area (Å²) in [5.41, 5.74) is 8.01. The van der Waals surface area contributed by atoms with E-state index in [4.69, 9.17) is 0 Å². The Bertz CT molecular complexity index is 1860. The number of pyridine rings is 1. The number of imide groups is 1. The maximum absolute atomic E-state index is 14.0. The quantitative estimate of drug-likeness (QED) is 0.0982. The van der Waals surface area contributed by atoms with Gasteiger partial charge < -0.3 is 20.6 Å². The minimum Gasteiger partial charge on any atom is -0.507 e. The molecule has 0 unspecified atom stereocenters. The number of amides is 2. The van der Waals surface area contributed by atoms with Crippen molar-refractivity contribution in [3.63, 3.8) is 0 Å². The highest BCUT2D eigenvalue weighted by atomic mass is 16.3. The van der Waals surface area contributed by atoms with Crippen molar-refractivity contribution in [3.8, 4) is 5.75 Å². The van der Waals surface area contributed by atoms with Crippen LogP contribution in [0, 0.1) is 31.6 Å². The number of aromatic hydroxyl groups is 1. The largest absolute Gasteiger partial charge is 0.507 e. The van der Waals surface area contributed by atoms with Crippen LogP contribution in [0.1, 0.15) is 55.0 Å². The minimum atomic E-state index is -0.927. The van der Waals surface area contributed by atoms with Gasteiger partial charge >= 0.3 is 0 Å². The van der Waals surface area contributed by atoms with E-state index in [0.29, 0.717) is 36.9 Å². The molecule has 0 spiro atoms. The number of hydrogen-bond donors (Lipinski definition) is 4. The second-order valence-corrected chi connectivity index (χ2v) is 13.0. The molecule has 0 bridgehead atoms. The van der Waals surface area contributed by atoms with Gasteiger partial charge in [0, 0.05) is 23.5 Å². The van der Waals surface area contributed by atoms with E-state index in [1.807, 2.05) is 99.6 Å². The lowest BCUT2D eigenvalue weighted by molar-refractivity contribution is -0.123. The van der Waals surface area contributed by atoms with Crippen LogP contribution in [0.25, 0.3) is 11.6 Å². The number of carbonyl (C=O) groups is 2. The summed E-state index contributed by atoms with van der Waals surface area (Å²) in [6, 6.07) is 26.5. The molecule has 1 aliphatic carbocycles. The standard InChI is InChI=1S/C41H43N3O5/c1-4-28-23-33-38(41(49)44(40(33)48)32-16-14-31(15-17-32)43-30-10-6-5-7-11-30)34(24-45)37(28)36(46)18-13-29(35-12-8-9-19-42-35)22-27-20-25(2)39(47)26(3)21-27/h5-12,14-17,19-22,33-34,36,38,43,45-47H,4,13,18,23-24H2,1-3H3/b29-22-/t33-,34+,36-,38-/m1/s1. The Morgan fingerprint density at radius 1 is 0.959 bits per heavy atom. The highest BCUT2D eigenvalue weighted by molar-refractivity contribution is 6.22. The highest BCUT2D eigenvalue weighted by Crippen LogP contribution is 2.48. The van der Waals surface area contributed by atoms with Gasteiger partial charge in [-0.05, 0) is 134 Å². The van der Waals surface area contributed by atoms with Crippen LogP contribution >= 0.6 is 0 Å². The zero-order chi connectivity index (χ0) is 34.7. The summed E-state index contributed by atoms with van der Waals surface area (Å²) < 4.78 is 0. The second kappa shape index (κ2) is 14.6. The summed E-state index contributed by atoms with van der Waals surface area (Å²) in [5.74, 6) is -2.36. The summed E-state index contributed by atoms with van der Waals surface area (Å²) in [5, 5.41) is 36.2. The summed E-state index contributed by atoms with van der Waals surface area (Å²) in [6.45, 7) is 5.37. The number of phenols is 1. The number of nitrogens with zero attached hydrogens (tertiary/aromatic N) is 2. The summed E-state index contributed by atoms with van der Waals surface area (Å²) in [4.78, 5) is 33.7. The lowest BCUT2D eigenvalue weighted by atomic mass is 9.67. The van der Waals surface area contributed by atoms with Crippen LogP contribution in [0.4, 0.5) is 17.1 Å². The molecule has 49 heavy (non-hydrogen) atoms. The number of aliphatic hydroxyl groups is 2. The van der Waals surface area contributed by atoms with E-state index in [1.54, 1.807) is 18.3 Å². The zero-order valence-corrected chi connectivity index (χ0v) is 28.1. The fourth-order valence-electron chi connectivity index (χ4n) is 7.48. The highest BCUT2D eigenvalue weighted by Gasteiger charge is 2.55. The van der Waals surface area contributed by atoms with Crippen molar-refractivity contribution >= 4 is 40.5 Å². The number of allylic oxidation sites excluding steroid dienone is 2. The van der Waals surface area contributed by atoms with Crippen LogP contribution in [-0.2, 0) is 9.59 Å². The van der Waals surface area contributed by atoms with Gasteiger partial charge in [0.05, 0.1) is 35.9 Å². The van der Waals surface area contributed by atoms with E-state index in [9.17, 15) is 24.9 Å². The number of nitrogens with one attached hydrogen (secondary N) is 1. The molecule has 1 aromatic heterocycles. The molecule has 6 rings (SSSR count). The van der Waals surface area contributed by atoms with E-state index in [1.165, 1.54) is 4.90 Å². The summed E-state index contributed by atoms with van der Waals surface area (Å²) in [6.07, 6.45) is 4.62. The topological polar surface area (TPSA) is 123 Å². The van der Waals surface area contributed by atoms with Crippen LogP contribution in [0.15, 0.2) is 102 Å². The van der Waals surface area contributed by atoms with Gasteiger partial charge in [0.1, 0.15) is 5.75 Å². The van der Waals surface area contributed by atoms with Crippen molar-refractivity contribution < 1.29 is 24.9 Å². The van der Waals surface area contributed by atoms with Gasteiger partial charge in [-0.2, -0.15) is 0 Å². The van der Waals surface area contributed by atoms with Crippen molar-refractivity contribution in [2.45, 2.75) is 52.6 Å². The molecule has 0 saturated carbocycles. The van der Waals surface area contributed by atoms with Gasteiger partial charge in [-0.1, -0.05) is 36.8 Å². The fraction of sp³-hybridized carbons (Fsp3) is 0.293. The molecular formula is C41H43N3O5. The number of aromatic nitrogens is 1. The van der Waals surface area contributed by atoms with Gasteiger partial charge in [0.25, 0.3) is 0 Å². The lowest BCUT2D eigenvalue weighted by Gasteiger charge is -2.36. The maximum atomic E-state index is 14.0. The van der Waals surface area contributed by atoms with Gasteiger partial charge in [-0.3, -0.25) is 19.5 Å². The Kier molecular flexibility index (Phi) is 10.1. The number of aryl methyl sites for hydroxylation is 2. The van der Waals surface area contributed by atoms with Crippen molar-refractivity contribution in [2.75, 3.05) is 16.8 Å². The first-order valence-electron chi connectivity index (χ1n) is 16.9. The van der Waals surface area contributed by atoms with Gasteiger partial charge in [0.15, 0.2) is 0 Å².